The molecule has 0 N–H and O–H groups in total. The molecule has 0 saturated carbocycles. The molecule has 0 amide bonds. The van der Waals surface area contributed by atoms with Gasteiger partial charge in [0.15, 0.2) is 5.78 Å². The quantitative estimate of drug-likeness (QED) is 0.682. The van der Waals surface area contributed by atoms with Crippen LogP contribution in [0.4, 0.5) is 0 Å². The van der Waals surface area contributed by atoms with E-state index in [1.807, 2.05) is 48.9 Å². The average Bonchev–Trinajstić information content (AvgIpc) is 3.01. The van der Waals surface area contributed by atoms with Crippen LogP contribution in [0.15, 0.2) is 36.4 Å². The standard InChI is InChI=1S/C16H16N2OS/c1-3-18-13(8-11(2)17-18)10-14(19)16-9-12-6-4-5-7-15(12)20-16/h4-9H,3,10H2,1-2H3. The molecule has 0 aliphatic heterocycles. The Bertz CT molecular complexity index is 737. The molecule has 0 radical (unpaired) electrons. The van der Waals surface area contributed by atoms with Crippen molar-refractivity contribution in [2.24, 2.45) is 0 Å². The summed E-state index contributed by atoms with van der Waals surface area (Å²) in [6.07, 6.45) is 0.418. The van der Waals surface area contributed by atoms with E-state index in [0.717, 1.165) is 32.9 Å². The van der Waals surface area contributed by atoms with Gasteiger partial charge in [-0.2, -0.15) is 5.10 Å². The van der Waals surface area contributed by atoms with E-state index in [1.54, 1.807) is 11.3 Å². The van der Waals surface area contributed by atoms with Crippen LogP contribution in [0.25, 0.3) is 10.1 Å². The summed E-state index contributed by atoms with van der Waals surface area (Å²) in [6, 6.07) is 12.1. The summed E-state index contributed by atoms with van der Waals surface area (Å²) in [5.41, 5.74) is 1.96. The number of ketones is 1. The van der Waals surface area contributed by atoms with E-state index in [1.165, 1.54) is 0 Å². The highest BCUT2D eigenvalue weighted by Crippen LogP contribution is 2.26. The first-order valence-electron chi connectivity index (χ1n) is 6.72. The lowest BCUT2D eigenvalue weighted by Gasteiger charge is -2.02. The Morgan fingerprint density at radius 3 is 2.85 bits per heavy atom. The molecule has 4 heteroatoms. The van der Waals surface area contributed by atoms with Gasteiger partial charge in [0, 0.05) is 16.9 Å². The first kappa shape index (κ1) is 13.1. The van der Waals surface area contributed by atoms with Gasteiger partial charge in [-0.25, -0.2) is 0 Å². The first-order valence-corrected chi connectivity index (χ1v) is 7.54. The molecule has 0 fully saturated rings. The van der Waals surface area contributed by atoms with Crippen LogP contribution >= 0.6 is 11.3 Å². The molecule has 1 aromatic carbocycles. The van der Waals surface area contributed by atoms with Crippen LogP contribution in [-0.4, -0.2) is 15.6 Å². The number of carbonyl (C=O) groups is 1. The molecule has 3 rings (SSSR count). The van der Waals surface area contributed by atoms with Gasteiger partial charge in [-0.05, 0) is 37.4 Å². The maximum Gasteiger partial charge on any atom is 0.178 e. The molecular formula is C16H16N2OS. The van der Waals surface area contributed by atoms with E-state index < -0.39 is 0 Å². The second-order valence-electron chi connectivity index (χ2n) is 4.84. The molecule has 0 aliphatic carbocycles. The van der Waals surface area contributed by atoms with Gasteiger partial charge in [0.1, 0.15) is 0 Å². The number of nitrogens with zero attached hydrogens (tertiary/aromatic N) is 2. The van der Waals surface area contributed by atoms with Gasteiger partial charge in [0.25, 0.3) is 0 Å². The zero-order valence-electron chi connectivity index (χ0n) is 11.6. The van der Waals surface area contributed by atoms with Crippen molar-refractivity contribution in [1.82, 2.24) is 9.78 Å². The minimum Gasteiger partial charge on any atom is -0.293 e. The highest BCUT2D eigenvalue weighted by Gasteiger charge is 2.14. The fourth-order valence-electron chi connectivity index (χ4n) is 2.39. The molecule has 0 atom stereocenters. The van der Waals surface area contributed by atoms with Gasteiger partial charge < -0.3 is 0 Å². The molecule has 0 aliphatic rings. The fourth-order valence-corrected chi connectivity index (χ4v) is 3.39. The molecule has 3 nitrogen and oxygen atoms in total. The van der Waals surface area contributed by atoms with Crippen LogP contribution in [0.5, 0.6) is 0 Å². The van der Waals surface area contributed by atoms with Crippen molar-refractivity contribution < 1.29 is 4.79 Å². The van der Waals surface area contributed by atoms with Crippen molar-refractivity contribution in [3.8, 4) is 0 Å². The van der Waals surface area contributed by atoms with Gasteiger partial charge in [0.2, 0.25) is 0 Å². The number of aryl methyl sites for hydroxylation is 2. The van der Waals surface area contributed by atoms with Gasteiger partial charge in [-0.15, -0.1) is 11.3 Å². The van der Waals surface area contributed by atoms with Gasteiger partial charge in [0.05, 0.1) is 17.0 Å². The number of hydrogen-bond acceptors (Lipinski definition) is 3. The molecule has 102 valence electrons. The molecule has 2 aromatic heterocycles. The van der Waals surface area contributed by atoms with E-state index in [9.17, 15) is 4.79 Å². The number of thiophene rings is 1. The average molecular weight is 284 g/mol. The Morgan fingerprint density at radius 2 is 2.10 bits per heavy atom. The normalized spacial score (nSPS) is 11.1. The number of fused-ring (bicyclic) bond motifs is 1. The number of benzene rings is 1. The molecule has 0 spiro atoms. The lowest BCUT2D eigenvalue weighted by molar-refractivity contribution is 0.0994. The number of hydrogen-bond donors (Lipinski definition) is 0. The van der Waals surface area contributed by atoms with E-state index in [2.05, 4.69) is 11.2 Å². The van der Waals surface area contributed by atoms with Gasteiger partial charge in [-0.3, -0.25) is 9.48 Å². The van der Waals surface area contributed by atoms with Crippen LogP contribution in [-0.2, 0) is 13.0 Å². The lowest BCUT2D eigenvalue weighted by Crippen LogP contribution is -2.08. The summed E-state index contributed by atoms with van der Waals surface area (Å²) in [5.74, 6) is 0.167. The molecule has 20 heavy (non-hydrogen) atoms. The predicted octanol–water partition coefficient (Wildman–Crippen LogP) is 3.85. The molecule has 0 bridgehead atoms. The smallest absolute Gasteiger partial charge is 0.178 e. The summed E-state index contributed by atoms with van der Waals surface area (Å²) in [5, 5.41) is 5.53. The van der Waals surface area contributed by atoms with Crippen molar-refractivity contribution in [1.29, 1.82) is 0 Å². The van der Waals surface area contributed by atoms with E-state index in [4.69, 9.17) is 0 Å². The summed E-state index contributed by atoms with van der Waals surface area (Å²) >= 11 is 1.57. The van der Waals surface area contributed by atoms with Crippen molar-refractivity contribution in [3.05, 3.63) is 52.7 Å². The SMILES string of the molecule is CCn1nc(C)cc1CC(=O)c1cc2ccccc2s1. The second kappa shape index (κ2) is 5.21. The minimum absolute atomic E-state index is 0.167. The summed E-state index contributed by atoms with van der Waals surface area (Å²) in [7, 11) is 0. The summed E-state index contributed by atoms with van der Waals surface area (Å²) in [6.45, 7) is 4.79. The second-order valence-corrected chi connectivity index (χ2v) is 5.93. The van der Waals surface area contributed by atoms with Crippen LogP contribution in [0.2, 0.25) is 0 Å². The largest absolute Gasteiger partial charge is 0.293 e. The van der Waals surface area contributed by atoms with Crippen molar-refractivity contribution >= 4 is 27.2 Å². The number of aromatic nitrogens is 2. The Morgan fingerprint density at radius 1 is 1.30 bits per heavy atom. The number of rotatable bonds is 4. The Balaban J connectivity index is 1.88. The molecule has 3 aromatic rings. The van der Waals surface area contributed by atoms with E-state index in [-0.39, 0.29) is 5.78 Å². The molecule has 0 saturated heterocycles. The third kappa shape index (κ3) is 2.39. The van der Waals surface area contributed by atoms with Crippen molar-refractivity contribution in [3.63, 3.8) is 0 Å². The predicted molar refractivity (Wildman–Crippen MR) is 82.5 cm³/mol. The maximum absolute atomic E-state index is 12.4. The van der Waals surface area contributed by atoms with Gasteiger partial charge in [-0.1, -0.05) is 18.2 Å². The minimum atomic E-state index is 0.167. The first-order chi connectivity index (χ1) is 9.67. The Labute approximate surface area is 121 Å². The van der Waals surface area contributed by atoms with Crippen LogP contribution in [0, 0.1) is 6.92 Å². The van der Waals surface area contributed by atoms with Crippen LogP contribution < -0.4 is 0 Å². The van der Waals surface area contributed by atoms with E-state index in [0.29, 0.717) is 6.42 Å². The van der Waals surface area contributed by atoms with Crippen LogP contribution in [0.1, 0.15) is 28.0 Å². The molecular weight excluding hydrogens is 268 g/mol. The monoisotopic (exact) mass is 284 g/mol. The number of Topliss-reactive ketones (excluding diaryl/α,β-unsaturated/α-hetero) is 1. The topological polar surface area (TPSA) is 34.9 Å². The number of carbonyl (C=O) groups excluding carboxylic acids is 1. The fraction of sp³-hybridized carbons (Fsp3) is 0.250. The Kier molecular flexibility index (Phi) is 3.40. The third-order valence-corrected chi connectivity index (χ3v) is 4.48. The third-order valence-electron chi connectivity index (χ3n) is 3.33. The van der Waals surface area contributed by atoms with E-state index >= 15 is 0 Å². The van der Waals surface area contributed by atoms with Gasteiger partial charge >= 0.3 is 0 Å². The van der Waals surface area contributed by atoms with Crippen molar-refractivity contribution in [2.75, 3.05) is 0 Å². The summed E-state index contributed by atoms with van der Waals surface area (Å²) < 4.78 is 3.07. The summed E-state index contributed by atoms with van der Waals surface area (Å²) in [4.78, 5) is 13.3. The lowest BCUT2D eigenvalue weighted by atomic mass is 10.1. The highest BCUT2D eigenvalue weighted by atomic mass is 32.1. The highest BCUT2D eigenvalue weighted by molar-refractivity contribution is 7.20. The zero-order valence-corrected chi connectivity index (χ0v) is 12.4. The maximum atomic E-state index is 12.4. The molecule has 2 heterocycles. The Hall–Kier alpha value is -1.94. The molecule has 0 unspecified atom stereocenters. The van der Waals surface area contributed by atoms with Crippen molar-refractivity contribution in [2.45, 2.75) is 26.8 Å². The van der Waals surface area contributed by atoms with Crippen LogP contribution in [0.3, 0.4) is 0 Å². The zero-order chi connectivity index (χ0) is 14.1.